The molecule has 1 unspecified atom stereocenters. The van der Waals surface area contributed by atoms with Gasteiger partial charge in [0.15, 0.2) is 0 Å². The molecule has 0 saturated heterocycles. The molecule has 3 aromatic rings. The molecule has 152 valence electrons. The van der Waals surface area contributed by atoms with Gasteiger partial charge in [0.1, 0.15) is 11.9 Å². The summed E-state index contributed by atoms with van der Waals surface area (Å²) in [6.45, 7) is 0. The fourth-order valence-corrected chi connectivity index (χ4v) is 4.39. The standard InChI is InChI=1S/C25H29NO3/c27-25(28)13-8-18-6-11-22(12-7-18)29-24(16-19-4-2-1-3-5-19)21-10-9-20-14-15-26-23(20)17-21/h6-7,9-12,14-15,17,19,24,26H,1-5,8,13,16H2,(H,27,28). The van der Waals surface area contributed by atoms with E-state index < -0.39 is 5.97 Å². The summed E-state index contributed by atoms with van der Waals surface area (Å²) in [5, 5.41) is 10.1. The number of rotatable bonds is 8. The third kappa shape index (κ3) is 5.20. The number of carbonyl (C=O) groups is 1. The molecule has 1 heterocycles. The van der Waals surface area contributed by atoms with Gasteiger partial charge in [-0.15, -0.1) is 0 Å². The van der Waals surface area contributed by atoms with Crippen LogP contribution in [0.15, 0.2) is 54.7 Å². The predicted molar refractivity (Wildman–Crippen MR) is 115 cm³/mol. The zero-order chi connectivity index (χ0) is 20.1. The number of H-pyrrole nitrogens is 1. The van der Waals surface area contributed by atoms with Gasteiger partial charge in [0, 0.05) is 18.1 Å². The maximum absolute atomic E-state index is 10.8. The number of aryl methyl sites for hydroxylation is 1. The Hall–Kier alpha value is -2.75. The summed E-state index contributed by atoms with van der Waals surface area (Å²) in [6, 6.07) is 16.5. The van der Waals surface area contributed by atoms with Crippen molar-refractivity contribution in [2.24, 2.45) is 5.92 Å². The van der Waals surface area contributed by atoms with E-state index in [1.54, 1.807) is 0 Å². The van der Waals surface area contributed by atoms with Crippen LogP contribution >= 0.6 is 0 Å². The van der Waals surface area contributed by atoms with Crippen LogP contribution in [0.5, 0.6) is 5.75 Å². The van der Waals surface area contributed by atoms with Gasteiger partial charge in [0.05, 0.1) is 0 Å². The number of fused-ring (bicyclic) bond motifs is 1. The molecule has 0 aliphatic heterocycles. The maximum atomic E-state index is 10.8. The first-order chi connectivity index (χ1) is 14.2. The van der Waals surface area contributed by atoms with Crippen LogP contribution in [0.4, 0.5) is 0 Å². The molecule has 0 radical (unpaired) electrons. The van der Waals surface area contributed by atoms with Crippen molar-refractivity contribution in [3.63, 3.8) is 0 Å². The van der Waals surface area contributed by atoms with Crippen LogP contribution < -0.4 is 4.74 Å². The van der Waals surface area contributed by atoms with Crippen molar-refractivity contribution in [1.82, 2.24) is 4.98 Å². The third-order valence-corrected chi connectivity index (χ3v) is 6.05. The number of hydrogen-bond donors (Lipinski definition) is 2. The average molecular weight is 392 g/mol. The second-order valence-electron chi connectivity index (χ2n) is 8.21. The van der Waals surface area contributed by atoms with Crippen molar-refractivity contribution in [3.05, 3.63) is 65.9 Å². The Morgan fingerprint density at radius 1 is 1.07 bits per heavy atom. The second kappa shape index (κ2) is 9.17. The van der Waals surface area contributed by atoms with Crippen LogP contribution in [0.2, 0.25) is 0 Å². The summed E-state index contributed by atoms with van der Waals surface area (Å²) in [5.41, 5.74) is 3.38. The van der Waals surface area contributed by atoms with E-state index in [0.717, 1.165) is 23.3 Å². The highest BCUT2D eigenvalue weighted by Crippen LogP contribution is 2.35. The maximum Gasteiger partial charge on any atom is 0.303 e. The molecule has 1 aliphatic carbocycles. The lowest BCUT2D eigenvalue weighted by atomic mass is 9.84. The monoisotopic (exact) mass is 391 g/mol. The first-order valence-corrected chi connectivity index (χ1v) is 10.7. The number of nitrogens with one attached hydrogen (secondary N) is 1. The highest BCUT2D eigenvalue weighted by molar-refractivity contribution is 5.80. The number of benzene rings is 2. The molecule has 1 fully saturated rings. The van der Waals surface area contributed by atoms with Crippen LogP contribution in [0.3, 0.4) is 0 Å². The summed E-state index contributed by atoms with van der Waals surface area (Å²) in [6.07, 6.45) is 10.3. The van der Waals surface area contributed by atoms with E-state index in [1.807, 2.05) is 30.5 Å². The van der Waals surface area contributed by atoms with E-state index in [4.69, 9.17) is 9.84 Å². The number of aliphatic carboxylic acids is 1. The molecule has 1 aromatic heterocycles. The van der Waals surface area contributed by atoms with Gasteiger partial charge in [-0.05, 0) is 59.5 Å². The molecular weight excluding hydrogens is 362 g/mol. The van der Waals surface area contributed by atoms with Gasteiger partial charge in [0.25, 0.3) is 0 Å². The Morgan fingerprint density at radius 3 is 2.62 bits per heavy atom. The van der Waals surface area contributed by atoms with Crippen molar-refractivity contribution < 1.29 is 14.6 Å². The van der Waals surface area contributed by atoms with Crippen LogP contribution in [-0.4, -0.2) is 16.1 Å². The minimum Gasteiger partial charge on any atom is -0.486 e. The highest BCUT2D eigenvalue weighted by Gasteiger charge is 2.22. The van der Waals surface area contributed by atoms with Crippen LogP contribution in [0.1, 0.15) is 62.2 Å². The van der Waals surface area contributed by atoms with E-state index in [-0.39, 0.29) is 12.5 Å². The molecule has 4 rings (SSSR count). The number of aromatic nitrogens is 1. The van der Waals surface area contributed by atoms with Gasteiger partial charge in [-0.1, -0.05) is 56.4 Å². The molecule has 0 amide bonds. The fourth-order valence-electron chi connectivity index (χ4n) is 4.39. The Bertz CT molecular complexity index is 938. The fraction of sp³-hybridized carbons (Fsp3) is 0.400. The topological polar surface area (TPSA) is 62.3 Å². The normalized spacial score (nSPS) is 16.0. The van der Waals surface area contributed by atoms with Gasteiger partial charge >= 0.3 is 5.97 Å². The second-order valence-corrected chi connectivity index (χ2v) is 8.21. The van der Waals surface area contributed by atoms with E-state index >= 15 is 0 Å². The molecular formula is C25H29NO3. The van der Waals surface area contributed by atoms with Crippen LogP contribution in [-0.2, 0) is 11.2 Å². The number of hydrogen-bond acceptors (Lipinski definition) is 2. The molecule has 29 heavy (non-hydrogen) atoms. The Kier molecular flexibility index (Phi) is 6.18. The Balaban J connectivity index is 1.51. The summed E-state index contributed by atoms with van der Waals surface area (Å²) in [4.78, 5) is 14.1. The van der Waals surface area contributed by atoms with Gasteiger partial charge in [-0.2, -0.15) is 0 Å². The number of aromatic amines is 1. The summed E-state index contributed by atoms with van der Waals surface area (Å²) >= 11 is 0. The number of ether oxygens (including phenoxy) is 1. The lowest BCUT2D eigenvalue weighted by Crippen LogP contribution is -2.16. The minimum absolute atomic E-state index is 0.0238. The molecule has 4 heteroatoms. The van der Waals surface area contributed by atoms with E-state index in [1.165, 1.54) is 43.1 Å². The lowest BCUT2D eigenvalue weighted by molar-refractivity contribution is -0.136. The minimum atomic E-state index is -0.766. The van der Waals surface area contributed by atoms with Crippen molar-refractivity contribution in [3.8, 4) is 5.75 Å². The van der Waals surface area contributed by atoms with E-state index in [0.29, 0.717) is 12.3 Å². The Labute approximate surface area is 171 Å². The zero-order valence-corrected chi connectivity index (χ0v) is 16.8. The summed E-state index contributed by atoms with van der Waals surface area (Å²) in [7, 11) is 0. The van der Waals surface area contributed by atoms with Crippen molar-refractivity contribution in [1.29, 1.82) is 0 Å². The molecule has 1 saturated carbocycles. The van der Waals surface area contributed by atoms with Crippen LogP contribution in [0, 0.1) is 5.92 Å². The molecule has 2 aromatic carbocycles. The Morgan fingerprint density at radius 2 is 1.86 bits per heavy atom. The van der Waals surface area contributed by atoms with Crippen molar-refractivity contribution in [2.45, 2.75) is 57.5 Å². The smallest absolute Gasteiger partial charge is 0.303 e. The molecule has 1 atom stereocenters. The van der Waals surface area contributed by atoms with Gasteiger partial charge < -0.3 is 14.8 Å². The van der Waals surface area contributed by atoms with Gasteiger partial charge in [-0.3, -0.25) is 4.79 Å². The van der Waals surface area contributed by atoms with Crippen molar-refractivity contribution in [2.75, 3.05) is 0 Å². The number of carboxylic acid groups (broad SMARTS) is 1. The average Bonchev–Trinajstić information content (AvgIpc) is 3.21. The summed E-state index contributed by atoms with van der Waals surface area (Å²) in [5.74, 6) is 0.789. The highest BCUT2D eigenvalue weighted by atomic mass is 16.5. The zero-order valence-electron chi connectivity index (χ0n) is 16.8. The SMILES string of the molecule is O=C(O)CCc1ccc(OC(CC2CCCCC2)c2ccc3cc[nH]c3c2)cc1. The van der Waals surface area contributed by atoms with Gasteiger partial charge in [-0.25, -0.2) is 0 Å². The first-order valence-electron chi connectivity index (χ1n) is 10.7. The van der Waals surface area contributed by atoms with Crippen molar-refractivity contribution >= 4 is 16.9 Å². The largest absolute Gasteiger partial charge is 0.486 e. The predicted octanol–water partition coefficient (Wildman–Crippen LogP) is 6.28. The third-order valence-electron chi connectivity index (χ3n) is 6.05. The quantitative estimate of drug-likeness (QED) is 0.475. The van der Waals surface area contributed by atoms with Gasteiger partial charge in [0.2, 0.25) is 0 Å². The lowest BCUT2D eigenvalue weighted by Gasteiger charge is -2.27. The van der Waals surface area contributed by atoms with E-state index in [9.17, 15) is 4.79 Å². The first kappa shape index (κ1) is 19.6. The number of carboxylic acids is 1. The molecule has 0 bridgehead atoms. The molecule has 4 nitrogen and oxygen atoms in total. The van der Waals surface area contributed by atoms with E-state index in [2.05, 4.69) is 29.2 Å². The summed E-state index contributed by atoms with van der Waals surface area (Å²) < 4.78 is 6.48. The van der Waals surface area contributed by atoms with Crippen LogP contribution in [0.25, 0.3) is 10.9 Å². The molecule has 1 aliphatic rings. The molecule has 2 N–H and O–H groups in total. The molecule has 0 spiro atoms.